The number of amides is 1. The lowest BCUT2D eigenvalue weighted by Gasteiger charge is -2.35. The molecule has 2 N–H and O–H groups in total. The van der Waals surface area contributed by atoms with Crippen molar-refractivity contribution in [1.82, 2.24) is 4.90 Å². The lowest BCUT2D eigenvalue weighted by molar-refractivity contribution is -0.134. The van der Waals surface area contributed by atoms with Crippen molar-refractivity contribution >= 4 is 11.6 Å². The quantitative estimate of drug-likeness (QED) is 0.859. The standard InChI is InChI=1S/C17H26N2O/c1-12-6-4-9-16(10-12)19(3)17(20)13(2)14-7-5-8-15(18)11-14/h5,7-8,11-13,16H,4,6,9-10,18H2,1-3H3. The van der Waals surface area contributed by atoms with Gasteiger partial charge in [-0.1, -0.05) is 31.9 Å². The molecular weight excluding hydrogens is 248 g/mol. The molecule has 1 aliphatic carbocycles. The van der Waals surface area contributed by atoms with E-state index < -0.39 is 0 Å². The first-order valence-corrected chi connectivity index (χ1v) is 7.61. The molecule has 0 bridgehead atoms. The molecule has 3 atom stereocenters. The molecule has 110 valence electrons. The average Bonchev–Trinajstić information content (AvgIpc) is 2.45. The van der Waals surface area contributed by atoms with Crippen LogP contribution in [0.3, 0.4) is 0 Å². The number of likely N-dealkylation sites (N-methyl/N-ethyl adjacent to an activating group) is 1. The van der Waals surface area contributed by atoms with Gasteiger partial charge in [-0.15, -0.1) is 0 Å². The minimum Gasteiger partial charge on any atom is -0.399 e. The Kier molecular flexibility index (Phi) is 4.69. The molecule has 3 unspecified atom stereocenters. The fraction of sp³-hybridized carbons (Fsp3) is 0.588. The zero-order chi connectivity index (χ0) is 14.7. The van der Waals surface area contributed by atoms with E-state index in [0.717, 1.165) is 30.0 Å². The molecule has 0 spiro atoms. The van der Waals surface area contributed by atoms with Crippen LogP contribution in [0, 0.1) is 5.92 Å². The summed E-state index contributed by atoms with van der Waals surface area (Å²) in [6, 6.07) is 8.05. The van der Waals surface area contributed by atoms with Crippen molar-refractivity contribution in [3.8, 4) is 0 Å². The van der Waals surface area contributed by atoms with E-state index in [-0.39, 0.29) is 11.8 Å². The van der Waals surface area contributed by atoms with E-state index in [1.54, 1.807) is 0 Å². The summed E-state index contributed by atoms with van der Waals surface area (Å²) in [7, 11) is 1.95. The van der Waals surface area contributed by atoms with Gasteiger partial charge >= 0.3 is 0 Å². The van der Waals surface area contributed by atoms with Gasteiger partial charge in [0.15, 0.2) is 0 Å². The van der Waals surface area contributed by atoms with Crippen LogP contribution in [0.4, 0.5) is 5.69 Å². The van der Waals surface area contributed by atoms with Crippen molar-refractivity contribution in [3.63, 3.8) is 0 Å². The Hall–Kier alpha value is -1.51. The van der Waals surface area contributed by atoms with Crippen LogP contribution in [-0.4, -0.2) is 23.9 Å². The number of hydrogen-bond donors (Lipinski definition) is 1. The van der Waals surface area contributed by atoms with E-state index in [0.29, 0.717) is 6.04 Å². The molecule has 0 aliphatic heterocycles. The van der Waals surface area contributed by atoms with Gasteiger partial charge in [0.25, 0.3) is 0 Å². The largest absolute Gasteiger partial charge is 0.399 e. The van der Waals surface area contributed by atoms with E-state index >= 15 is 0 Å². The highest BCUT2D eigenvalue weighted by Gasteiger charge is 2.28. The summed E-state index contributed by atoms with van der Waals surface area (Å²) < 4.78 is 0. The first kappa shape index (κ1) is 14.9. The summed E-state index contributed by atoms with van der Waals surface area (Å²) in [5.41, 5.74) is 7.53. The van der Waals surface area contributed by atoms with Crippen LogP contribution in [0.1, 0.15) is 51.0 Å². The Morgan fingerprint density at radius 1 is 1.40 bits per heavy atom. The molecule has 3 heteroatoms. The summed E-state index contributed by atoms with van der Waals surface area (Å²) in [6.45, 7) is 4.26. The maximum atomic E-state index is 12.6. The second-order valence-electron chi connectivity index (χ2n) is 6.27. The van der Waals surface area contributed by atoms with Gasteiger partial charge in [0.2, 0.25) is 5.91 Å². The molecule has 1 aliphatic rings. The van der Waals surface area contributed by atoms with Gasteiger partial charge in [-0.05, 0) is 43.4 Å². The van der Waals surface area contributed by atoms with E-state index in [9.17, 15) is 4.79 Å². The normalized spacial score (nSPS) is 24.1. The van der Waals surface area contributed by atoms with E-state index in [1.807, 2.05) is 43.1 Å². The van der Waals surface area contributed by atoms with Gasteiger partial charge in [0, 0.05) is 18.8 Å². The molecule has 0 aromatic heterocycles. The topological polar surface area (TPSA) is 46.3 Å². The molecule has 0 saturated heterocycles. The highest BCUT2D eigenvalue weighted by Crippen LogP contribution is 2.29. The molecule has 1 aromatic carbocycles. The Labute approximate surface area is 122 Å². The van der Waals surface area contributed by atoms with Crippen LogP contribution in [0.15, 0.2) is 24.3 Å². The summed E-state index contributed by atoms with van der Waals surface area (Å²) in [5, 5.41) is 0. The average molecular weight is 274 g/mol. The zero-order valence-electron chi connectivity index (χ0n) is 12.8. The number of nitrogens with two attached hydrogens (primary N) is 1. The van der Waals surface area contributed by atoms with Crippen LogP contribution in [-0.2, 0) is 4.79 Å². The number of nitrogens with zero attached hydrogens (tertiary/aromatic N) is 1. The maximum absolute atomic E-state index is 12.6. The number of rotatable bonds is 3. The number of carbonyl (C=O) groups excluding carboxylic acids is 1. The predicted octanol–water partition coefficient (Wildman–Crippen LogP) is 3.41. The van der Waals surface area contributed by atoms with Crippen LogP contribution in [0.25, 0.3) is 0 Å². The van der Waals surface area contributed by atoms with Gasteiger partial charge in [-0.25, -0.2) is 0 Å². The van der Waals surface area contributed by atoms with Crippen molar-refractivity contribution < 1.29 is 4.79 Å². The van der Waals surface area contributed by atoms with Gasteiger partial charge in [0.05, 0.1) is 5.92 Å². The third-order valence-electron chi connectivity index (χ3n) is 4.59. The molecule has 1 saturated carbocycles. The molecule has 1 amide bonds. The Balaban J connectivity index is 2.06. The van der Waals surface area contributed by atoms with E-state index in [2.05, 4.69) is 6.92 Å². The van der Waals surface area contributed by atoms with E-state index in [4.69, 9.17) is 5.73 Å². The molecule has 1 fully saturated rings. The molecule has 0 radical (unpaired) electrons. The Bertz CT molecular complexity index is 472. The first-order valence-electron chi connectivity index (χ1n) is 7.61. The highest BCUT2D eigenvalue weighted by atomic mass is 16.2. The van der Waals surface area contributed by atoms with Crippen LogP contribution in [0.5, 0.6) is 0 Å². The third kappa shape index (κ3) is 3.33. The lowest BCUT2D eigenvalue weighted by Crippen LogP contribution is -2.41. The number of anilines is 1. The van der Waals surface area contributed by atoms with Gasteiger partial charge in [-0.2, -0.15) is 0 Å². The van der Waals surface area contributed by atoms with Crippen molar-refractivity contribution in [2.45, 2.75) is 51.5 Å². The van der Waals surface area contributed by atoms with Gasteiger partial charge in [-0.3, -0.25) is 4.79 Å². The van der Waals surface area contributed by atoms with Crippen LogP contribution >= 0.6 is 0 Å². The minimum absolute atomic E-state index is 0.124. The lowest BCUT2D eigenvalue weighted by atomic mass is 9.86. The van der Waals surface area contributed by atoms with Crippen LogP contribution < -0.4 is 5.73 Å². The first-order chi connectivity index (χ1) is 9.49. The summed E-state index contributed by atoms with van der Waals surface area (Å²) in [4.78, 5) is 14.6. The smallest absolute Gasteiger partial charge is 0.229 e. The van der Waals surface area contributed by atoms with Crippen molar-refractivity contribution in [3.05, 3.63) is 29.8 Å². The van der Waals surface area contributed by atoms with Gasteiger partial charge in [0.1, 0.15) is 0 Å². The van der Waals surface area contributed by atoms with Crippen molar-refractivity contribution in [2.75, 3.05) is 12.8 Å². The number of carbonyl (C=O) groups is 1. The monoisotopic (exact) mass is 274 g/mol. The van der Waals surface area contributed by atoms with E-state index in [1.165, 1.54) is 12.8 Å². The minimum atomic E-state index is -0.124. The summed E-state index contributed by atoms with van der Waals surface area (Å²) in [5.74, 6) is 0.808. The van der Waals surface area contributed by atoms with Crippen molar-refractivity contribution in [1.29, 1.82) is 0 Å². The maximum Gasteiger partial charge on any atom is 0.229 e. The number of hydrogen-bond acceptors (Lipinski definition) is 2. The van der Waals surface area contributed by atoms with Crippen molar-refractivity contribution in [2.24, 2.45) is 5.92 Å². The molecule has 2 rings (SSSR count). The summed E-state index contributed by atoms with van der Waals surface area (Å²) >= 11 is 0. The Morgan fingerprint density at radius 3 is 2.80 bits per heavy atom. The van der Waals surface area contributed by atoms with Gasteiger partial charge < -0.3 is 10.6 Å². The molecular formula is C17H26N2O. The Morgan fingerprint density at radius 2 is 2.15 bits per heavy atom. The predicted molar refractivity (Wildman–Crippen MR) is 83.5 cm³/mol. The number of nitrogen functional groups attached to an aromatic ring is 1. The second kappa shape index (κ2) is 6.29. The zero-order valence-corrected chi connectivity index (χ0v) is 12.8. The fourth-order valence-electron chi connectivity index (χ4n) is 3.21. The third-order valence-corrected chi connectivity index (χ3v) is 4.59. The summed E-state index contributed by atoms with van der Waals surface area (Å²) in [6.07, 6.45) is 4.79. The molecule has 3 nitrogen and oxygen atoms in total. The SMILES string of the molecule is CC1CCCC(N(C)C(=O)C(C)c2cccc(N)c2)C1. The second-order valence-corrected chi connectivity index (χ2v) is 6.27. The molecule has 0 heterocycles. The molecule has 1 aromatic rings. The highest BCUT2D eigenvalue weighted by molar-refractivity contribution is 5.83. The number of benzene rings is 1. The van der Waals surface area contributed by atoms with Crippen LogP contribution in [0.2, 0.25) is 0 Å². The molecule has 20 heavy (non-hydrogen) atoms. The fourth-order valence-corrected chi connectivity index (χ4v) is 3.21.